The molecule has 2 rings (SSSR count). The fourth-order valence-electron chi connectivity index (χ4n) is 1.63. The zero-order valence-electron chi connectivity index (χ0n) is 9.68. The Labute approximate surface area is 105 Å². The molecular formula is C12H16N4S. The lowest BCUT2D eigenvalue weighted by Gasteiger charge is -2.14. The average Bonchev–Trinajstić information content (AvgIpc) is 2.76. The number of rotatable bonds is 4. The van der Waals surface area contributed by atoms with Gasteiger partial charge >= 0.3 is 0 Å². The molecule has 1 unspecified atom stereocenters. The molecule has 0 aliphatic rings. The van der Waals surface area contributed by atoms with Gasteiger partial charge in [-0.1, -0.05) is 0 Å². The quantitative estimate of drug-likeness (QED) is 0.776. The lowest BCUT2D eigenvalue weighted by molar-refractivity contribution is 0.787. The van der Waals surface area contributed by atoms with Gasteiger partial charge in [0.2, 0.25) is 0 Å². The minimum Gasteiger partial charge on any atom is -0.396 e. The summed E-state index contributed by atoms with van der Waals surface area (Å²) in [5.74, 6) is 1.14. The van der Waals surface area contributed by atoms with Crippen LogP contribution < -0.4 is 16.8 Å². The van der Waals surface area contributed by atoms with E-state index < -0.39 is 0 Å². The summed E-state index contributed by atoms with van der Waals surface area (Å²) in [6.07, 6.45) is 0.968. The van der Waals surface area contributed by atoms with Gasteiger partial charge in [0.05, 0.1) is 5.69 Å². The van der Waals surface area contributed by atoms with Crippen LogP contribution in [-0.2, 0) is 6.42 Å². The molecule has 5 heteroatoms. The Morgan fingerprint density at radius 1 is 1.35 bits per heavy atom. The summed E-state index contributed by atoms with van der Waals surface area (Å²) in [6, 6.07) is 6.05. The maximum atomic E-state index is 5.66. The van der Waals surface area contributed by atoms with E-state index in [0.29, 0.717) is 17.5 Å². The van der Waals surface area contributed by atoms with Crippen LogP contribution in [0, 0.1) is 0 Å². The van der Waals surface area contributed by atoms with Crippen molar-refractivity contribution in [3.05, 3.63) is 34.5 Å². The maximum Gasteiger partial charge on any atom is 0.149 e. The first-order valence-electron chi connectivity index (χ1n) is 5.45. The average molecular weight is 248 g/mol. The van der Waals surface area contributed by atoms with E-state index in [1.807, 2.05) is 6.07 Å². The summed E-state index contributed by atoms with van der Waals surface area (Å²) in [6.45, 7) is 2.12. The SMILES string of the molecule is CC(Cc1ccsc1)Nc1ccc(N)c(N)n1. The van der Waals surface area contributed by atoms with Crippen LogP contribution in [0.2, 0.25) is 0 Å². The highest BCUT2D eigenvalue weighted by atomic mass is 32.1. The summed E-state index contributed by atoms with van der Waals surface area (Å²) in [5, 5.41) is 7.55. The second-order valence-corrected chi connectivity index (χ2v) is 4.83. The molecule has 2 heterocycles. The molecule has 5 N–H and O–H groups in total. The second-order valence-electron chi connectivity index (χ2n) is 4.05. The molecule has 90 valence electrons. The molecule has 1 atom stereocenters. The summed E-state index contributed by atoms with van der Waals surface area (Å²) in [4.78, 5) is 4.19. The van der Waals surface area contributed by atoms with E-state index in [0.717, 1.165) is 12.2 Å². The predicted molar refractivity (Wildman–Crippen MR) is 74.2 cm³/mol. The molecule has 4 nitrogen and oxygen atoms in total. The molecule has 0 fully saturated rings. The number of aromatic nitrogens is 1. The first kappa shape index (κ1) is 11.7. The van der Waals surface area contributed by atoms with E-state index in [2.05, 4.69) is 34.1 Å². The summed E-state index contributed by atoms with van der Waals surface area (Å²) < 4.78 is 0. The monoisotopic (exact) mass is 248 g/mol. The van der Waals surface area contributed by atoms with Crippen LogP contribution in [0.1, 0.15) is 12.5 Å². The van der Waals surface area contributed by atoms with Gasteiger partial charge in [-0.2, -0.15) is 11.3 Å². The van der Waals surface area contributed by atoms with Gasteiger partial charge in [-0.3, -0.25) is 0 Å². The number of nitrogens with one attached hydrogen (secondary N) is 1. The van der Waals surface area contributed by atoms with E-state index in [4.69, 9.17) is 11.5 Å². The molecule has 0 aliphatic heterocycles. The molecule has 2 aromatic rings. The number of thiophene rings is 1. The van der Waals surface area contributed by atoms with E-state index >= 15 is 0 Å². The third-order valence-corrected chi connectivity index (χ3v) is 3.21. The van der Waals surface area contributed by atoms with Gasteiger partial charge < -0.3 is 16.8 Å². The minimum atomic E-state index is 0.306. The molecule has 2 aromatic heterocycles. The third kappa shape index (κ3) is 3.10. The van der Waals surface area contributed by atoms with Gasteiger partial charge in [-0.25, -0.2) is 4.98 Å². The highest BCUT2D eigenvalue weighted by Gasteiger charge is 2.06. The standard InChI is InChI=1S/C12H16N4S/c1-8(6-9-4-5-17-7-9)15-11-3-2-10(13)12(14)16-11/h2-5,7-8H,6,13H2,1H3,(H3,14,15,16). The van der Waals surface area contributed by atoms with Crippen molar-refractivity contribution in [2.24, 2.45) is 0 Å². The molecule has 17 heavy (non-hydrogen) atoms. The van der Waals surface area contributed by atoms with Crippen molar-refractivity contribution in [1.82, 2.24) is 4.98 Å². The second kappa shape index (κ2) is 5.05. The molecule has 0 spiro atoms. The van der Waals surface area contributed by atoms with Crippen LogP contribution >= 0.6 is 11.3 Å². The lowest BCUT2D eigenvalue weighted by atomic mass is 10.1. The van der Waals surface area contributed by atoms with Crippen molar-refractivity contribution < 1.29 is 0 Å². The fraction of sp³-hybridized carbons (Fsp3) is 0.250. The van der Waals surface area contributed by atoms with E-state index in [1.165, 1.54) is 5.56 Å². The number of hydrogen-bond acceptors (Lipinski definition) is 5. The van der Waals surface area contributed by atoms with E-state index in [9.17, 15) is 0 Å². The number of pyridine rings is 1. The van der Waals surface area contributed by atoms with Crippen molar-refractivity contribution in [3.8, 4) is 0 Å². The Morgan fingerprint density at radius 3 is 2.82 bits per heavy atom. The van der Waals surface area contributed by atoms with E-state index in [-0.39, 0.29) is 0 Å². The predicted octanol–water partition coefficient (Wildman–Crippen LogP) is 2.35. The van der Waals surface area contributed by atoms with Crippen LogP contribution in [0.15, 0.2) is 29.0 Å². The molecule has 0 radical (unpaired) electrons. The molecule has 0 saturated carbocycles. The van der Waals surface area contributed by atoms with Gasteiger partial charge in [0.25, 0.3) is 0 Å². The highest BCUT2D eigenvalue weighted by molar-refractivity contribution is 7.07. The van der Waals surface area contributed by atoms with E-state index in [1.54, 1.807) is 17.4 Å². The van der Waals surface area contributed by atoms with Gasteiger partial charge in [0.15, 0.2) is 0 Å². The Hall–Kier alpha value is -1.75. The van der Waals surface area contributed by atoms with Crippen molar-refractivity contribution in [3.63, 3.8) is 0 Å². The normalized spacial score (nSPS) is 12.3. The van der Waals surface area contributed by atoms with Crippen molar-refractivity contribution in [2.45, 2.75) is 19.4 Å². The number of nitrogens with two attached hydrogens (primary N) is 2. The zero-order chi connectivity index (χ0) is 12.3. The Kier molecular flexibility index (Phi) is 3.49. The Morgan fingerprint density at radius 2 is 2.18 bits per heavy atom. The molecular weight excluding hydrogens is 232 g/mol. The highest BCUT2D eigenvalue weighted by Crippen LogP contribution is 2.16. The fourth-order valence-corrected chi connectivity index (χ4v) is 2.31. The maximum absolute atomic E-state index is 5.66. The summed E-state index contributed by atoms with van der Waals surface area (Å²) in [5.41, 5.74) is 13.1. The molecule has 0 aromatic carbocycles. The van der Waals surface area contributed by atoms with Crippen molar-refractivity contribution in [2.75, 3.05) is 16.8 Å². The molecule has 0 saturated heterocycles. The first-order valence-corrected chi connectivity index (χ1v) is 6.39. The van der Waals surface area contributed by atoms with Crippen LogP contribution in [0.25, 0.3) is 0 Å². The largest absolute Gasteiger partial charge is 0.396 e. The molecule has 0 amide bonds. The zero-order valence-corrected chi connectivity index (χ0v) is 10.5. The number of nitrogen functional groups attached to an aromatic ring is 2. The van der Waals surface area contributed by atoms with Gasteiger partial charge in [-0.05, 0) is 47.9 Å². The number of hydrogen-bond donors (Lipinski definition) is 3. The lowest BCUT2D eigenvalue weighted by Crippen LogP contribution is -2.19. The van der Waals surface area contributed by atoms with Crippen LogP contribution in [-0.4, -0.2) is 11.0 Å². The van der Waals surface area contributed by atoms with Crippen molar-refractivity contribution >= 4 is 28.7 Å². The van der Waals surface area contributed by atoms with Crippen LogP contribution in [0.5, 0.6) is 0 Å². The Bertz CT molecular complexity index is 481. The summed E-state index contributed by atoms with van der Waals surface area (Å²) >= 11 is 1.71. The summed E-state index contributed by atoms with van der Waals surface area (Å²) in [7, 11) is 0. The van der Waals surface area contributed by atoms with Crippen LogP contribution in [0.4, 0.5) is 17.3 Å². The minimum absolute atomic E-state index is 0.306. The van der Waals surface area contributed by atoms with Gasteiger partial charge in [0, 0.05) is 6.04 Å². The smallest absolute Gasteiger partial charge is 0.149 e. The number of anilines is 3. The number of nitrogens with zero attached hydrogens (tertiary/aromatic N) is 1. The third-order valence-electron chi connectivity index (χ3n) is 2.47. The molecule has 0 bridgehead atoms. The molecule has 0 aliphatic carbocycles. The topological polar surface area (TPSA) is 77.0 Å². The van der Waals surface area contributed by atoms with Gasteiger partial charge in [0.1, 0.15) is 11.6 Å². The van der Waals surface area contributed by atoms with Crippen LogP contribution in [0.3, 0.4) is 0 Å². The van der Waals surface area contributed by atoms with Crippen molar-refractivity contribution in [1.29, 1.82) is 0 Å². The first-order chi connectivity index (χ1) is 8.15. The Balaban J connectivity index is 1.98. The van der Waals surface area contributed by atoms with Gasteiger partial charge in [-0.15, -0.1) is 0 Å².